The van der Waals surface area contributed by atoms with Gasteiger partial charge in [-0.3, -0.25) is 9.78 Å². The fourth-order valence-corrected chi connectivity index (χ4v) is 2.21. The number of carbonyl (C=O) groups excluding carboxylic acids is 1. The molecule has 3 nitrogen and oxygen atoms in total. The van der Waals surface area contributed by atoms with Gasteiger partial charge in [0.05, 0.1) is 12.1 Å². The van der Waals surface area contributed by atoms with E-state index >= 15 is 0 Å². The lowest BCUT2D eigenvalue weighted by Gasteiger charge is -2.30. The Balaban J connectivity index is 2.06. The first-order chi connectivity index (χ1) is 7.15. The molecule has 4 heteroatoms. The summed E-state index contributed by atoms with van der Waals surface area (Å²) >= 11 is 3.41. The Kier molecular flexibility index (Phi) is 3.05. The smallest absolute Gasteiger partial charge is 0.228 e. The van der Waals surface area contributed by atoms with Gasteiger partial charge in [-0.1, -0.05) is 15.9 Å². The summed E-state index contributed by atoms with van der Waals surface area (Å²) in [5.74, 6) is 0.186. The van der Waals surface area contributed by atoms with Crippen molar-refractivity contribution in [2.75, 3.05) is 13.1 Å². The standard InChI is InChI=1S/C11H13BrN2O/c1-8-5-9(12)6-10(13-8)7-11(15)14-3-2-4-14/h5-6H,2-4,7H2,1H3. The third-order valence-electron chi connectivity index (χ3n) is 2.51. The molecule has 1 aromatic heterocycles. The number of hydrogen-bond donors (Lipinski definition) is 0. The Morgan fingerprint density at radius 3 is 2.80 bits per heavy atom. The van der Waals surface area contributed by atoms with Crippen molar-refractivity contribution in [1.82, 2.24) is 9.88 Å². The van der Waals surface area contributed by atoms with E-state index < -0.39 is 0 Å². The lowest BCUT2D eigenvalue weighted by molar-refractivity contribution is -0.133. The fraction of sp³-hybridized carbons (Fsp3) is 0.455. The van der Waals surface area contributed by atoms with Crippen molar-refractivity contribution >= 4 is 21.8 Å². The maximum absolute atomic E-state index is 11.7. The van der Waals surface area contributed by atoms with E-state index in [1.54, 1.807) is 0 Å². The summed E-state index contributed by atoms with van der Waals surface area (Å²) in [4.78, 5) is 17.9. The van der Waals surface area contributed by atoms with Crippen molar-refractivity contribution in [1.29, 1.82) is 0 Å². The molecule has 1 amide bonds. The predicted molar refractivity (Wildman–Crippen MR) is 61.6 cm³/mol. The summed E-state index contributed by atoms with van der Waals surface area (Å²) in [5, 5.41) is 0. The SMILES string of the molecule is Cc1cc(Br)cc(CC(=O)N2CCC2)n1. The molecular formula is C11H13BrN2O. The number of amides is 1. The highest BCUT2D eigenvalue weighted by molar-refractivity contribution is 9.10. The molecule has 2 heterocycles. The summed E-state index contributed by atoms with van der Waals surface area (Å²) in [6.07, 6.45) is 1.55. The normalized spacial score (nSPS) is 14.9. The minimum atomic E-state index is 0.186. The lowest BCUT2D eigenvalue weighted by atomic mass is 10.1. The minimum Gasteiger partial charge on any atom is -0.342 e. The van der Waals surface area contributed by atoms with E-state index in [9.17, 15) is 4.79 Å². The van der Waals surface area contributed by atoms with Gasteiger partial charge in [0, 0.05) is 23.3 Å². The number of hydrogen-bond acceptors (Lipinski definition) is 2. The Morgan fingerprint density at radius 1 is 1.53 bits per heavy atom. The first-order valence-corrected chi connectivity index (χ1v) is 5.85. The maximum Gasteiger partial charge on any atom is 0.228 e. The van der Waals surface area contributed by atoms with Gasteiger partial charge in [-0.15, -0.1) is 0 Å². The zero-order valence-electron chi connectivity index (χ0n) is 8.66. The molecule has 0 spiro atoms. The van der Waals surface area contributed by atoms with Crippen LogP contribution in [0.2, 0.25) is 0 Å². The summed E-state index contributed by atoms with van der Waals surface area (Å²) in [6, 6.07) is 3.85. The highest BCUT2D eigenvalue weighted by Crippen LogP contribution is 2.14. The quantitative estimate of drug-likeness (QED) is 0.821. The first-order valence-electron chi connectivity index (χ1n) is 5.06. The van der Waals surface area contributed by atoms with E-state index in [0.717, 1.165) is 35.4 Å². The summed E-state index contributed by atoms with van der Waals surface area (Å²) < 4.78 is 0.987. The number of aromatic nitrogens is 1. The van der Waals surface area contributed by atoms with Gasteiger partial charge in [-0.25, -0.2) is 0 Å². The van der Waals surface area contributed by atoms with Crippen LogP contribution < -0.4 is 0 Å². The topological polar surface area (TPSA) is 33.2 Å². The van der Waals surface area contributed by atoms with E-state index in [0.29, 0.717) is 6.42 Å². The average Bonchev–Trinajstić information content (AvgIpc) is 1.96. The number of rotatable bonds is 2. The Labute approximate surface area is 97.6 Å². The van der Waals surface area contributed by atoms with Gasteiger partial charge in [-0.2, -0.15) is 0 Å². The van der Waals surface area contributed by atoms with Gasteiger partial charge in [0.2, 0.25) is 5.91 Å². The van der Waals surface area contributed by atoms with Crippen LogP contribution in [-0.4, -0.2) is 28.9 Å². The zero-order chi connectivity index (χ0) is 10.8. The fourth-order valence-electron chi connectivity index (χ4n) is 1.61. The van der Waals surface area contributed by atoms with Crippen LogP contribution in [0.15, 0.2) is 16.6 Å². The summed E-state index contributed by atoms with van der Waals surface area (Å²) in [7, 11) is 0. The van der Waals surface area contributed by atoms with Crippen molar-refractivity contribution < 1.29 is 4.79 Å². The molecular weight excluding hydrogens is 256 g/mol. The van der Waals surface area contributed by atoms with Crippen LogP contribution in [0, 0.1) is 6.92 Å². The monoisotopic (exact) mass is 268 g/mol. The second kappa shape index (κ2) is 4.31. The first kappa shape index (κ1) is 10.6. The maximum atomic E-state index is 11.7. The molecule has 0 unspecified atom stereocenters. The third-order valence-corrected chi connectivity index (χ3v) is 2.97. The van der Waals surface area contributed by atoms with Crippen LogP contribution in [-0.2, 0) is 11.2 Å². The molecule has 2 rings (SSSR count). The van der Waals surface area contributed by atoms with Crippen LogP contribution in [0.25, 0.3) is 0 Å². The molecule has 0 aliphatic carbocycles. The molecule has 15 heavy (non-hydrogen) atoms. The van der Waals surface area contributed by atoms with Crippen LogP contribution in [0.3, 0.4) is 0 Å². The van der Waals surface area contributed by atoms with Crippen molar-refractivity contribution in [3.63, 3.8) is 0 Å². The van der Waals surface area contributed by atoms with Gasteiger partial charge < -0.3 is 4.90 Å². The molecule has 1 aromatic rings. The van der Waals surface area contributed by atoms with Crippen molar-refractivity contribution in [2.24, 2.45) is 0 Å². The van der Waals surface area contributed by atoms with E-state index in [1.807, 2.05) is 24.0 Å². The number of aryl methyl sites for hydroxylation is 1. The number of likely N-dealkylation sites (tertiary alicyclic amines) is 1. The summed E-state index contributed by atoms with van der Waals surface area (Å²) in [5.41, 5.74) is 1.79. The van der Waals surface area contributed by atoms with Gasteiger partial charge >= 0.3 is 0 Å². The third kappa shape index (κ3) is 2.56. The molecule has 80 valence electrons. The largest absolute Gasteiger partial charge is 0.342 e. The molecule has 1 saturated heterocycles. The Morgan fingerprint density at radius 2 is 2.27 bits per heavy atom. The van der Waals surface area contributed by atoms with Gasteiger partial charge in [0.1, 0.15) is 0 Å². The van der Waals surface area contributed by atoms with Crippen LogP contribution in [0.4, 0.5) is 0 Å². The number of carbonyl (C=O) groups is 1. The molecule has 0 N–H and O–H groups in total. The molecule has 0 bridgehead atoms. The predicted octanol–water partition coefficient (Wildman–Crippen LogP) is 1.93. The highest BCUT2D eigenvalue weighted by Gasteiger charge is 2.20. The summed E-state index contributed by atoms with van der Waals surface area (Å²) in [6.45, 7) is 3.75. The highest BCUT2D eigenvalue weighted by atomic mass is 79.9. The lowest BCUT2D eigenvalue weighted by Crippen LogP contribution is -2.42. The van der Waals surface area contributed by atoms with E-state index in [-0.39, 0.29) is 5.91 Å². The molecule has 0 saturated carbocycles. The number of halogens is 1. The second-order valence-corrected chi connectivity index (χ2v) is 4.74. The molecule has 1 fully saturated rings. The molecule has 1 aliphatic rings. The Hall–Kier alpha value is -0.900. The Bertz CT molecular complexity index is 368. The number of nitrogens with zero attached hydrogens (tertiary/aromatic N) is 2. The average molecular weight is 269 g/mol. The van der Waals surface area contributed by atoms with Crippen molar-refractivity contribution in [3.8, 4) is 0 Å². The minimum absolute atomic E-state index is 0.186. The van der Waals surface area contributed by atoms with E-state index in [1.165, 1.54) is 0 Å². The van der Waals surface area contributed by atoms with Gasteiger partial charge in [0.25, 0.3) is 0 Å². The van der Waals surface area contributed by atoms with Crippen LogP contribution in [0.1, 0.15) is 17.8 Å². The molecule has 0 aromatic carbocycles. The van der Waals surface area contributed by atoms with E-state index in [2.05, 4.69) is 20.9 Å². The van der Waals surface area contributed by atoms with Crippen LogP contribution >= 0.6 is 15.9 Å². The second-order valence-electron chi connectivity index (χ2n) is 3.83. The van der Waals surface area contributed by atoms with Crippen LogP contribution in [0.5, 0.6) is 0 Å². The van der Waals surface area contributed by atoms with Gasteiger partial charge in [-0.05, 0) is 25.5 Å². The zero-order valence-corrected chi connectivity index (χ0v) is 10.2. The van der Waals surface area contributed by atoms with Gasteiger partial charge in [0.15, 0.2) is 0 Å². The molecule has 0 radical (unpaired) electrons. The molecule has 1 aliphatic heterocycles. The van der Waals surface area contributed by atoms with E-state index in [4.69, 9.17) is 0 Å². The van der Waals surface area contributed by atoms with Crippen molar-refractivity contribution in [2.45, 2.75) is 19.8 Å². The molecule has 0 atom stereocenters. The number of pyridine rings is 1. The van der Waals surface area contributed by atoms with Crippen molar-refractivity contribution in [3.05, 3.63) is 28.0 Å².